The van der Waals surface area contributed by atoms with E-state index in [0.717, 1.165) is 4.90 Å². The second-order valence-corrected chi connectivity index (χ2v) is 4.81. The molecule has 1 aliphatic heterocycles. The lowest BCUT2D eigenvalue weighted by Crippen LogP contribution is -2.50. The SMILES string of the molecule is CC(C)(C)OC(=O)N1C(=O)CC[C@@H]1C(=O)NN. The molecule has 0 aromatic carbocycles. The van der Waals surface area contributed by atoms with Gasteiger partial charge in [0.1, 0.15) is 11.6 Å². The van der Waals surface area contributed by atoms with Crippen LogP contribution in [0.1, 0.15) is 33.6 Å². The molecule has 3 amide bonds. The molecule has 0 unspecified atom stereocenters. The first-order chi connectivity index (χ1) is 7.76. The molecule has 17 heavy (non-hydrogen) atoms. The number of rotatable bonds is 1. The molecule has 1 aliphatic rings. The lowest BCUT2D eigenvalue weighted by molar-refractivity contribution is -0.134. The third kappa shape index (κ3) is 3.16. The van der Waals surface area contributed by atoms with Gasteiger partial charge in [0, 0.05) is 6.42 Å². The summed E-state index contributed by atoms with van der Waals surface area (Å²) in [6.45, 7) is 5.05. The molecule has 0 radical (unpaired) electrons. The highest BCUT2D eigenvalue weighted by molar-refractivity contribution is 6.00. The second-order valence-electron chi connectivity index (χ2n) is 4.81. The van der Waals surface area contributed by atoms with Gasteiger partial charge in [-0.05, 0) is 27.2 Å². The van der Waals surface area contributed by atoms with Gasteiger partial charge in [0.05, 0.1) is 0 Å². The first-order valence-corrected chi connectivity index (χ1v) is 5.32. The Balaban J connectivity index is 2.81. The summed E-state index contributed by atoms with van der Waals surface area (Å²) in [5.74, 6) is 4.01. The topological polar surface area (TPSA) is 102 Å². The molecule has 7 nitrogen and oxygen atoms in total. The van der Waals surface area contributed by atoms with Gasteiger partial charge in [-0.25, -0.2) is 15.5 Å². The highest BCUT2D eigenvalue weighted by Gasteiger charge is 2.42. The summed E-state index contributed by atoms with van der Waals surface area (Å²) < 4.78 is 5.06. The summed E-state index contributed by atoms with van der Waals surface area (Å²) in [7, 11) is 0. The zero-order chi connectivity index (χ0) is 13.2. The van der Waals surface area contributed by atoms with Crippen molar-refractivity contribution in [2.24, 2.45) is 5.84 Å². The van der Waals surface area contributed by atoms with Crippen molar-refractivity contribution in [1.82, 2.24) is 10.3 Å². The van der Waals surface area contributed by atoms with Crippen LogP contribution in [0, 0.1) is 0 Å². The van der Waals surface area contributed by atoms with Crippen LogP contribution < -0.4 is 11.3 Å². The first-order valence-electron chi connectivity index (χ1n) is 5.32. The monoisotopic (exact) mass is 243 g/mol. The van der Waals surface area contributed by atoms with Gasteiger partial charge in [0.15, 0.2) is 0 Å². The number of ether oxygens (including phenoxy) is 1. The predicted octanol–water partition coefficient (Wildman–Crippen LogP) is -0.0976. The Kier molecular flexibility index (Phi) is 3.72. The lowest BCUT2D eigenvalue weighted by Gasteiger charge is -2.26. The Morgan fingerprint density at radius 2 is 2.06 bits per heavy atom. The summed E-state index contributed by atoms with van der Waals surface area (Å²) in [6, 6.07) is -0.873. The molecule has 7 heteroatoms. The van der Waals surface area contributed by atoms with E-state index in [-0.39, 0.29) is 12.8 Å². The number of nitrogens with zero attached hydrogens (tertiary/aromatic N) is 1. The number of carbonyl (C=O) groups excluding carboxylic acids is 3. The van der Waals surface area contributed by atoms with Crippen LogP contribution in [-0.2, 0) is 14.3 Å². The molecule has 0 aromatic heterocycles. The smallest absolute Gasteiger partial charge is 0.417 e. The standard InChI is InChI=1S/C10H17N3O4/c1-10(2,3)17-9(16)13-6(8(15)12-11)4-5-7(13)14/h6H,4-5,11H2,1-3H3,(H,12,15)/t6-/m1/s1. The normalized spacial score (nSPS) is 20.4. The minimum absolute atomic E-state index is 0.136. The number of carbonyl (C=O) groups is 3. The average molecular weight is 243 g/mol. The molecule has 1 saturated heterocycles. The Morgan fingerprint density at radius 3 is 2.53 bits per heavy atom. The zero-order valence-corrected chi connectivity index (χ0v) is 10.1. The van der Waals surface area contributed by atoms with E-state index >= 15 is 0 Å². The van der Waals surface area contributed by atoms with E-state index in [1.165, 1.54) is 0 Å². The van der Waals surface area contributed by atoms with E-state index in [9.17, 15) is 14.4 Å². The molecule has 1 atom stereocenters. The summed E-state index contributed by atoms with van der Waals surface area (Å²) in [6.07, 6.45) is -0.410. The summed E-state index contributed by atoms with van der Waals surface area (Å²) >= 11 is 0. The van der Waals surface area contributed by atoms with Crippen LogP contribution in [-0.4, -0.2) is 34.5 Å². The first kappa shape index (κ1) is 13.4. The van der Waals surface area contributed by atoms with Crippen molar-refractivity contribution < 1.29 is 19.1 Å². The van der Waals surface area contributed by atoms with E-state index in [4.69, 9.17) is 10.6 Å². The summed E-state index contributed by atoms with van der Waals surface area (Å²) in [4.78, 5) is 35.5. The van der Waals surface area contributed by atoms with Crippen LogP contribution in [0.4, 0.5) is 4.79 Å². The summed E-state index contributed by atoms with van der Waals surface area (Å²) in [5, 5.41) is 0. The fourth-order valence-electron chi connectivity index (χ4n) is 1.57. The zero-order valence-electron chi connectivity index (χ0n) is 10.1. The van der Waals surface area contributed by atoms with Crippen LogP contribution in [0.15, 0.2) is 0 Å². The maximum Gasteiger partial charge on any atom is 0.417 e. The predicted molar refractivity (Wildman–Crippen MR) is 58.4 cm³/mol. The average Bonchev–Trinajstić information content (AvgIpc) is 2.56. The highest BCUT2D eigenvalue weighted by Crippen LogP contribution is 2.21. The molecular weight excluding hydrogens is 226 g/mol. The van der Waals surface area contributed by atoms with Crippen molar-refractivity contribution in [1.29, 1.82) is 0 Å². The Labute approximate surface area is 99.2 Å². The number of hydrogen-bond acceptors (Lipinski definition) is 5. The van der Waals surface area contributed by atoms with Crippen LogP contribution in [0.5, 0.6) is 0 Å². The molecule has 1 fully saturated rings. The third-order valence-corrected chi connectivity index (χ3v) is 2.25. The van der Waals surface area contributed by atoms with Crippen LogP contribution in [0.3, 0.4) is 0 Å². The van der Waals surface area contributed by atoms with Gasteiger partial charge in [-0.15, -0.1) is 0 Å². The van der Waals surface area contributed by atoms with E-state index in [1.807, 2.05) is 5.43 Å². The van der Waals surface area contributed by atoms with Gasteiger partial charge in [0.25, 0.3) is 5.91 Å². The Morgan fingerprint density at radius 1 is 1.47 bits per heavy atom. The highest BCUT2D eigenvalue weighted by atomic mass is 16.6. The van der Waals surface area contributed by atoms with Gasteiger partial charge in [-0.2, -0.15) is 0 Å². The number of hydrazine groups is 1. The number of likely N-dealkylation sites (tertiary alicyclic amines) is 1. The molecule has 0 aromatic rings. The molecule has 1 rings (SSSR count). The van der Waals surface area contributed by atoms with E-state index < -0.39 is 29.6 Å². The molecule has 0 spiro atoms. The third-order valence-electron chi connectivity index (χ3n) is 2.25. The van der Waals surface area contributed by atoms with Crippen LogP contribution >= 0.6 is 0 Å². The minimum Gasteiger partial charge on any atom is -0.443 e. The molecule has 0 bridgehead atoms. The maximum atomic E-state index is 11.8. The quantitative estimate of drug-likeness (QED) is 0.380. The molecule has 1 heterocycles. The lowest BCUT2D eigenvalue weighted by atomic mass is 10.2. The molecule has 0 saturated carbocycles. The molecular formula is C10H17N3O4. The summed E-state index contributed by atoms with van der Waals surface area (Å²) in [5.41, 5.74) is 1.22. The van der Waals surface area contributed by atoms with E-state index in [0.29, 0.717) is 0 Å². The van der Waals surface area contributed by atoms with Gasteiger partial charge < -0.3 is 4.74 Å². The van der Waals surface area contributed by atoms with Crippen molar-refractivity contribution in [2.45, 2.75) is 45.3 Å². The van der Waals surface area contributed by atoms with Gasteiger partial charge in [-0.1, -0.05) is 0 Å². The molecule has 3 N–H and O–H groups in total. The van der Waals surface area contributed by atoms with Crippen molar-refractivity contribution in [3.8, 4) is 0 Å². The number of nitrogens with two attached hydrogens (primary N) is 1. The van der Waals surface area contributed by atoms with E-state index in [2.05, 4.69) is 0 Å². The van der Waals surface area contributed by atoms with Gasteiger partial charge in [0.2, 0.25) is 5.91 Å². The van der Waals surface area contributed by atoms with Crippen molar-refractivity contribution in [3.05, 3.63) is 0 Å². The van der Waals surface area contributed by atoms with Gasteiger partial charge in [-0.3, -0.25) is 15.0 Å². The largest absolute Gasteiger partial charge is 0.443 e. The second kappa shape index (κ2) is 4.70. The maximum absolute atomic E-state index is 11.8. The number of imide groups is 1. The molecule has 96 valence electrons. The number of amides is 3. The van der Waals surface area contributed by atoms with Crippen molar-refractivity contribution in [3.63, 3.8) is 0 Å². The molecule has 0 aliphatic carbocycles. The van der Waals surface area contributed by atoms with Crippen LogP contribution in [0.2, 0.25) is 0 Å². The fourth-order valence-corrected chi connectivity index (χ4v) is 1.57. The van der Waals surface area contributed by atoms with E-state index in [1.54, 1.807) is 20.8 Å². The number of hydrogen-bond donors (Lipinski definition) is 2. The fraction of sp³-hybridized carbons (Fsp3) is 0.700. The van der Waals surface area contributed by atoms with Crippen molar-refractivity contribution >= 4 is 17.9 Å². The van der Waals surface area contributed by atoms with Crippen LogP contribution in [0.25, 0.3) is 0 Å². The Bertz CT molecular complexity index is 348. The Hall–Kier alpha value is -1.63. The van der Waals surface area contributed by atoms with Crippen molar-refractivity contribution in [2.75, 3.05) is 0 Å². The minimum atomic E-state index is -0.873. The van der Waals surface area contributed by atoms with Gasteiger partial charge >= 0.3 is 6.09 Å². The number of nitrogens with one attached hydrogen (secondary N) is 1.